The molecule has 0 spiro atoms. The van der Waals surface area contributed by atoms with Crippen molar-refractivity contribution in [3.63, 3.8) is 0 Å². The highest BCUT2D eigenvalue weighted by Crippen LogP contribution is 2.13. The summed E-state index contributed by atoms with van der Waals surface area (Å²) in [5.74, 6) is -1.68. The van der Waals surface area contributed by atoms with Gasteiger partial charge in [-0.3, -0.25) is 0 Å². The maximum absolute atomic E-state index is 11.7. The molecular weight excluding hydrogens is 224 g/mol. The summed E-state index contributed by atoms with van der Waals surface area (Å²) in [6.07, 6.45) is 0. The minimum Gasteiger partial charge on any atom is -0.516 e. The van der Waals surface area contributed by atoms with Crippen molar-refractivity contribution < 1.29 is 19.1 Å². The van der Waals surface area contributed by atoms with E-state index in [1.54, 1.807) is 12.1 Å². The summed E-state index contributed by atoms with van der Waals surface area (Å²) in [5.41, 5.74) is 0.0863. The van der Waals surface area contributed by atoms with Crippen LogP contribution in [0.1, 0.15) is 20.7 Å². The standard InChI is InChI=1S/C11H14O4Si/c1-16(2,3)15-11(14)9-7-5-4-6-8(9)10(12)13/h4-7H,1-3H3,(H,12,13). The predicted molar refractivity (Wildman–Crippen MR) is 62.2 cm³/mol. The van der Waals surface area contributed by atoms with E-state index in [1.807, 2.05) is 19.6 Å². The van der Waals surface area contributed by atoms with E-state index < -0.39 is 20.3 Å². The van der Waals surface area contributed by atoms with Gasteiger partial charge in [0.15, 0.2) is 0 Å². The number of carbonyl (C=O) groups is 2. The Hall–Kier alpha value is -1.62. The van der Waals surface area contributed by atoms with E-state index in [9.17, 15) is 9.59 Å². The van der Waals surface area contributed by atoms with Crippen molar-refractivity contribution in [3.8, 4) is 0 Å². The molecule has 0 saturated carbocycles. The number of carboxylic acids is 1. The van der Waals surface area contributed by atoms with Crippen molar-refractivity contribution in [1.82, 2.24) is 0 Å². The summed E-state index contributed by atoms with van der Waals surface area (Å²) in [5, 5.41) is 8.92. The number of benzene rings is 1. The van der Waals surface area contributed by atoms with Gasteiger partial charge < -0.3 is 9.53 Å². The molecule has 0 saturated heterocycles. The van der Waals surface area contributed by atoms with Crippen LogP contribution in [0, 0.1) is 0 Å². The largest absolute Gasteiger partial charge is 0.516 e. The van der Waals surface area contributed by atoms with Crippen molar-refractivity contribution in [1.29, 1.82) is 0 Å². The van der Waals surface area contributed by atoms with Gasteiger partial charge in [0, 0.05) is 0 Å². The van der Waals surface area contributed by atoms with E-state index in [0.29, 0.717) is 0 Å². The average Bonchev–Trinajstić information content (AvgIpc) is 2.15. The molecule has 0 atom stereocenters. The molecule has 4 nitrogen and oxygen atoms in total. The highest BCUT2D eigenvalue weighted by atomic mass is 28.4. The van der Waals surface area contributed by atoms with Gasteiger partial charge in [-0.2, -0.15) is 0 Å². The molecule has 0 aliphatic heterocycles. The Morgan fingerprint density at radius 1 is 1.12 bits per heavy atom. The summed E-state index contributed by atoms with van der Waals surface area (Å²) < 4.78 is 5.25. The first kappa shape index (κ1) is 12.4. The highest BCUT2D eigenvalue weighted by Gasteiger charge is 2.24. The first-order valence-electron chi connectivity index (χ1n) is 4.87. The predicted octanol–water partition coefficient (Wildman–Crippen LogP) is 2.38. The summed E-state index contributed by atoms with van der Waals surface area (Å²) in [4.78, 5) is 22.6. The second-order valence-electron chi connectivity index (χ2n) is 4.35. The van der Waals surface area contributed by atoms with E-state index in [-0.39, 0.29) is 11.1 Å². The topological polar surface area (TPSA) is 63.6 Å². The van der Waals surface area contributed by atoms with Crippen LogP contribution in [0.15, 0.2) is 24.3 Å². The number of hydrogen-bond acceptors (Lipinski definition) is 3. The van der Waals surface area contributed by atoms with Crippen molar-refractivity contribution in [2.45, 2.75) is 19.6 Å². The second-order valence-corrected chi connectivity index (χ2v) is 8.78. The Balaban J connectivity index is 3.04. The maximum Gasteiger partial charge on any atom is 0.336 e. The van der Waals surface area contributed by atoms with Crippen LogP contribution >= 0.6 is 0 Å². The third-order valence-corrected chi connectivity index (χ3v) is 2.57. The minimum atomic E-state index is -2.00. The summed E-state index contributed by atoms with van der Waals surface area (Å²) in [7, 11) is -2.00. The summed E-state index contributed by atoms with van der Waals surface area (Å²) >= 11 is 0. The van der Waals surface area contributed by atoms with Gasteiger partial charge in [0.1, 0.15) is 0 Å². The number of carbonyl (C=O) groups excluding carboxylic acids is 1. The van der Waals surface area contributed by atoms with Crippen LogP contribution in [0.3, 0.4) is 0 Å². The van der Waals surface area contributed by atoms with Gasteiger partial charge in [0.05, 0.1) is 11.1 Å². The summed E-state index contributed by atoms with van der Waals surface area (Å²) in [6, 6.07) is 6.05. The van der Waals surface area contributed by atoms with Crippen LogP contribution in [0.5, 0.6) is 0 Å². The Morgan fingerprint density at radius 2 is 1.62 bits per heavy atom. The molecule has 16 heavy (non-hydrogen) atoms. The average molecular weight is 238 g/mol. The molecule has 0 aliphatic carbocycles. The fraction of sp³-hybridized carbons (Fsp3) is 0.273. The lowest BCUT2D eigenvalue weighted by Gasteiger charge is -2.17. The molecule has 0 amide bonds. The van der Waals surface area contributed by atoms with Crippen LogP contribution in [0.2, 0.25) is 19.6 Å². The first-order chi connectivity index (χ1) is 7.31. The molecule has 1 rings (SSSR count). The normalized spacial score (nSPS) is 10.9. The van der Waals surface area contributed by atoms with Crippen LogP contribution in [-0.2, 0) is 4.43 Å². The van der Waals surface area contributed by atoms with Gasteiger partial charge in [-0.25, -0.2) is 9.59 Å². The fourth-order valence-electron chi connectivity index (χ4n) is 1.18. The molecule has 0 fully saturated rings. The number of rotatable bonds is 3. The van der Waals surface area contributed by atoms with Crippen molar-refractivity contribution in [2.24, 2.45) is 0 Å². The van der Waals surface area contributed by atoms with Crippen molar-refractivity contribution in [2.75, 3.05) is 0 Å². The van der Waals surface area contributed by atoms with Gasteiger partial charge in [-0.1, -0.05) is 12.1 Å². The lowest BCUT2D eigenvalue weighted by Crippen LogP contribution is -2.29. The second kappa shape index (κ2) is 4.48. The molecule has 0 aliphatic rings. The lowest BCUT2D eigenvalue weighted by molar-refractivity contribution is 0.0664. The number of carboxylic acid groups (broad SMARTS) is 1. The van der Waals surface area contributed by atoms with Crippen LogP contribution in [-0.4, -0.2) is 25.4 Å². The highest BCUT2D eigenvalue weighted by molar-refractivity contribution is 6.71. The van der Waals surface area contributed by atoms with Gasteiger partial charge in [0.25, 0.3) is 0 Å². The van der Waals surface area contributed by atoms with E-state index >= 15 is 0 Å². The summed E-state index contributed by atoms with van der Waals surface area (Å²) in [6.45, 7) is 5.61. The Kier molecular flexibility index (Phi) is 3.49. The van der Waals surface area contributed by atoms with Crippen LogP contribution in [0.25, 0.3) is 0 Å². The third kappa shape index (κ3) is 3.20. The van der Waals surface area contributed by atoms with E-state index in [1.165, 1.54) is 12.1 Å². The molecule has 86 valence electrons. The molecule has 1 N–H and O–H groups in total. The number of hydrogen-bond donors (Lipinski definition) is 1. The third-order valence-electron chi connectivity index (χ3n) is 1.78. The molecule has 0 unspecified atom stereocenters. The smallest absolute Gasteiger partial charge is 0.336 e. The molecule has 0 bridgehead atoms. The monoisotopic (exact) mass is 238 g/mol. The lowest BCUT2D eigenvalue weighted by atomic mass is 10.1. The van der Waals surface area contributed by atoms with Crippen LogP contribution in [0.4, 0.5) is 0 Å². The van der Waals surface area contributed by atoms with Crippen molar-refractivity contribution in [3.05, 3.63) is 35.4 Å². The molecule has 0 aromatic heterocycles. The van der Waals surface area contributed by atoms with Gasteiger partial charge in [-0.05, 0) is 31.8 Å². The Morgan fingerprint density at radius 3 is 2.06 bits per heavy atom. The maximum atomic E-state index is 11.7. The molecule has 0 heterocycles. The first-order valence-corrected chi connectivity index (χ1v) is 8.28. The minimum absolute atomic E-state index is 0.0225. The molecular formula is C11H14O4Si. The number of aromatic carboxylic acids is 1. The van der Waals surface area contributed by atoms with Gasteiger partial charge in [-0.15, -0.1) is 0 Å². The molecule has 5 heteroatoms. The Labute approximate surface area is 95.0 Å². The zero-order chi connectivity index (χ0) is 12.3. The van der Waals surface area contributed by atoms with Crippen molar-refractivity contribution >= 4 is 20.3 Å². The molecule has 1 aromatic rings. The van der Waals surface area contributed by atoms with E-state index in [2.05, 4.69) is 0 Å². The van der Waals surface area contributed by atoms with E-state index in [0.717, 1.165) is 0 Å². The molecule has 0 radical (unpaired) electrons. The van der Waals surface area contributed by atoms with Gasteiger partial charge in [0.2, 0.25) is 8.32 Å². The SMILES string of the molecule is C[Si](C)(C)OC(=O)c1ccccc1C(=O)O. The Bertz CT molecular complexity index is 420. The zero-order valence-electron chi connectivity index (χ0n) is 9.48. The van der Waals surface area contributed by atoms with Gasteiger partial charge >= 0.3 is 11.9 Å². The molecule has 1 aromatic carbocycles. The van der Waals surface area contributed by atoms with Crippen LogP contribution < -0.4 is 0 Å². The quantitative estimate of drug-likeness (QED) is 0.821. The van der Waals surface area contributed by atoms with E-state index in [4.69, 9.17) is 9.53 Å². The fourth-order valence-corrected chi connectivity index (χ4v) is 1.85. The zero-order valence-corrected chi connectivity index (χ0v) is 10.5.